The lowest BCUT2D eigenvalue weighted by atomic mass is 10.3. The van der Waals surface area contributed by atoms with Gasteiger partial charge < -0.3 is 16.3 Å². The number of aromatic amines is 1. The van der Waals surface area contributed by atoms with Crippen LogP contribution in [0.3, 0.4) is 0 Å². The highest BCUT2D eigenvalue weighted by Gasteiger charge is 2.09. The zero-order chi connectivity index (χ0) is 9.84. The molecule has 0 aliphatic heterocycles. The van der Waals surface area contributed by atoms with Gasteiger partial charge in [0.15, 0.2) is 5.84 Å². The molecule has 0 saturated heterocycles. The zero-order valence-electron chi connectivity index (χ0n) is 6.90. The number of nitrogens with one attached hydrogen (secondary N) is 2. The Morgan fingerprint density at radius 2 is 2.54 bits per heavy atom. The Kier molecular flexibility index (Phi) is 2.48. The number of amides is 1. The molecule has 0 aliphatic carbocycles. The molecule has 0 fully saturated rings. The number of nitrogens with two attached hydrogens (primary N) is 1. The number of hydrogen-bond acceptors (Lipinski definition) is 4. The fourth-order valence-electron chi connectivity index (χ4n) is 0.806. The van der Waals surface area contributed by atoms with Gasteiger partial charge in [-0.2, -0.15) is 5.10 Å². The van der Waals surface area contributed by atoms with Gasteiger partial charge in [0.05, 0.1) is 11.8 Å². The molecule has 13 heavy (non-hydrogen) atoms. The molecular formula is C6H9N5O2. The van der Waals surface area contributed by atoms with Crippen molar-refractivity contribution in [2.45, 2.75) is 6.92 Å². The van der Waals surface area contributed by atoms with Crippen molar-refractivity contribution in [3.05, 3.63) is 11.8 Å². The molecule has 1 amide bonds. The monoisotopic (exact) mass is 183 g/mol. The fourth-order valence-corrected chi connectivity index (χ4v) is 0.806. The first kappa shape index (κ1) is 9.04. The number of aromatic nitrogens is 2. The Labute approximate surface area is 73.6 Å². The molecule has 1 heterocycles. The largest absolute Gasteiger partial charge is 0.409 e. The van der Waals surface area contributed by atoms with Crippen molar-refractivity contribution >= 4 is 17.6 Å². The predicted molar refractivity (Wildman–Crippen MR) is 45.4 cm³/mol. The second-order valence-electron chi connectivity index (χ2n) is 2.33. The van der Waals surface area contributed by atoms with Gasteiger partial charge in [0.25, 0.3) is 0 Å². The standard InChI is InChI=1S/C6H9N5O2/c1-3(12)9-6-4(2-8-10-6)5(7)11-13/h2,13H,1H3,(H2,7,11)(H2,8,9,10,12). The van der Waals surface area contributed by atoms with Gasteiger partial charge in [-0.15, -0.1) is 0 Å². The molecule has 70 valence electrons. The van der Waals surface area contributed by atoms with Crippen LogP contribution in [-0.4, -0.2) is 27.1 Å². The van der Waals surface area contributed by atoms with Crippen LogP contribution in [0, 0.1) is 0 Å². The lowest BCUT2D eigenvalue weighted by molar-refractivity contribution is -0.114. The van der Waals surface area contributed by atoms with Crippen molar-refractivity contribution in [2.75, 3.05) is 5.32 Å². The minimum atomic E-state index is -0.267. The van der Waals surface area contributed by atoms with Crippen LogP contribution >= 0.6 is 0 Å². The van der Waals surface area contributed by atoms with E-state index in [1.807, 2.05) is 0 Å². The first-order chi connectivity index (χ1) is 6.15. The van der Waals surface area contributed by atoms with Crippen LogP contribution in [0.2, 0.25) is 0 Å². The second kappa shape index (κ2) is 3.57. The second-order valence-corrected chi connectivity index (χ2v) is 2.33. The van der Waals surface area contributed by atoms with Gasteiger partial charge in [-0.25, -0.2) is 0 Å². The van der Waals surface area contributed by atoms with Gasteiger partial charge in [0, 0.05) is 6.92 Å². The number of hydrogen-bond donors (Lipinski definition) is 4. The molecule has 7 nitrogen and oxygen atoms in total. The SMILES string of the molecule is CC(=O)Nc1[nH]ncc1C(N)=NO. The molecule has 7 heteroatoms. The lowest BCUT2D eigenvalue weighted by Crippen LogP contribution is -2.16. The van der Waals surface area contributed by atoms with Gasteiger partial charge in [-0.1, -0.05) is 5.16 Å². The highest BCUT2D eigenvalue weighted by Crippen LogP contribution is 2.09. The van der Waals surface area contributed by atoms with Crippen molar-refractivity contribution < 1.29 is 10.0 Å². The number of rotatable bonds is 2. The number of carbonyl (C=O) groups is 1. The van der Waals surface area contributed by atoms with E-state index >= 15 is 0 Å². The summed E-state index contributed by atoms with van der Waals surface area (Å²) in [6.45, 7) is 1.34. The average molecular weight is 183 g/mol. The van der Waals surface area contributed by atoms with Crippen LogP contribution in [0.5, 0.6) is 0 Å². The van der Waals surface area contributed by atoms with Crippen molar-refractivity contribution in [3.8, 4) is 0 Å². The van der Waals surface area contributed by atoms with Crippen LogP contribution in [0.25, 0.3) is 0 Å². The van der Waals surface area contributed by atoms with Crippen molar-refractivity contribution in [1.82, 2.24) is 10.2 Å². The number of H-pyrrole nitrogens is 1. The predicted octanol–water partition coefficient (Wildman–Crippen LogP) is -0.537. The maximum atomic E-state index is 10.7. The number of amidine groups is 1. The smallest absolute Gasteiger partial charge is 0.222 e. The molecule has 0 bridgehead atoms. The van der Waals surface area contributed by atoms with Crippen molar-refractivity contribution in [3.63, 3.8) is 0 Å². The topological polar surface area (TPSA) is 116 Å². The average Bonchev–Trinajstić information content (AvgIpc) is 2.50. The molecule has 0 aromatic carbocycles. The normalized spacial score (nSPS) is 11.3. The summed E-state index contributed by atoms with van der Waals surface area (Å²) in [4.78, 5) is 10.7. The molecular weight excluding hydrogens is 174 g/mol. The summed E-state index contributed by atoms with van der Waals surface area (Å²) in [6, 6.07) is 0. The maximum Gasteiger partial charge on any atom is 0.222 e. The van der Waals surface area contributed by atoms with E-state index in [4.69, 9.17) is 10.9 Å². The van der Waals surface area contributed by atoms with Crippen LogP contribution in [0.15, 0.2) is 11.4 Å². The summed E-state index contributed by atoms with van der Waals surface area (Å²) in [5.41, 5.74) is 5.65. The van der Waals surface area contributed by atoms with Gasteiger partial charge in [-0.05, 0) is 0 Å². The minimum absolute atomic E-state index is 0.113. The number of carbonyl (C=O) groups excluding carboxylic acids is 1. The summed E-state index contributed by atoms with van der Waals surface area (Å²) in [5.74, 6) is -0.0726. The Balaban J connectivity index is 2.96. The molecule has 0 radical (unpaired) electrons. The van der Waals surface area contributed by atoms with E-state index in [0.29, 0.717) is 11.4 Å². The third-order valence-corrected chi connectivity index (χ3v) is 1.32. The number of anilines is 1. The summed E-state index contributed by atoms with van der Waals surface area (Å²) < 4.78 is 0. The summed E-state index contributed by atoms with van der Waals surface area (Å²) in [6.07, 6.45) is 1.35. The highest BCUT2D eigenvalue weighted by atomic mass is 16.4. The number of nitrogens with zero attached hydrogens (tertiary/aromatic N) is 2. The van der Waals surface area contributed by atoms with E-state index in [2.05, 4.69) is 20.7 Å². The molecule has 0 saturated carbocycles. The molecule has 1 rings (SSSR count). The van der Waals surface area contributed by atoms with Crippen molar-refractivity contribution in [2.24, 2.45) is 10.9 Å². The van der Waals surface area contributed by atoms with Gasteiger partial charge in [0.1, 0.15) is 5.82 Å². The quantitative estimate of drug-likeness (QED) is 0.213. The molecule has 0 aliphatic rings. The van der Waals surface area contributed by atoms with Crippen LogP contribution < -0.4 is 11.1 Å². The van der Waals surface area contributed by atoms with E-state index in [0.717, 1.165) is 0 Å². The molecule has 0 unspecified atom stereocenters. The van der Waals surface area contributed by atoms with E-state index < -0.39 is 0 Å². The Hall–Kier alpha value is -2.05. The first-order valence-corrected chi connectivity index (χ1v) is 3.44. The summed E-state index contributed by atoms with van der Waals surface area (Å²) in [7, 11) is 0. The molecule has 5 N–H and O–H groups in total. The Bertz CT molecular complexity index is 343. The van der Waals surface area contributed by atoms with Gasteiger partial charge >= 0.3 is 0 Å². The molecule has 1 aromatic heterocycles. The minimum Gasteiger partial charge on any atom is -0.409 e. The van der Waals surface area contributed by atoms with E-state index in [1.54, 1.807) is 0 Å². The summed E-state index contributed by atoms with van der Waals surface area (Å²) >= 11 is 0. The maximum absolute atomic E-state index is 10.7. The van der Waals surface area contributed by atoms with Crippen LogP contribution in [-0.2, 0) is 4.79 Å². The van der Waals surface area contributed by atoms with E-state index in [9.17, 15) is 4.79 Å². The lowest BCUT2D eigenvalue weighted by Gasteiger charge is -2.00. The van der Waals surface area contributed by atoms with Crippen molar-refractivity contribution in [1.29, 1.82) is 0 Å². The fraction of sp³-hybridized carbons (Fsp3) is 0.167. The third-order valence-electron chi connectivity index (χ3n) is 1.32. The van der Waals surface area contributed by atoms with Gasteiger partial charge in [0.2, 0.25) is 5.91 Å². The molecule has 1 aromatic rings. The molecule has 0 spiro atoms. The zero-order valence-corrected chi connectivity index (χ0v) is 6.90. The van der Waals surface area contributed by atoms with Crippen LogP contribution in [0.4, 0.5) is 5.82 Å². The third kappa shape index (κ3) is 1.95. The first-order valence-electron chi connectivity index (χ1n) is 3.44. The molecule has 0 atom stereocenters. The van der Waals surface area contributed by atoms with E-state index in [-0.39, 0.29) is 11.7 Å². The van der Waals surface area contributed by atoms with Gasteiger partial charge in [-0.3, -0.25) is 9.89 Å². The van der Waals surface area contributed by atoms with Crippen LogP contribution in [0.1, 0.15) is 12.5 Å². The van der Waals surface area contributed by atoms with E-state index in [1.165, 1.54) is 13.1 Å². The summed E-state index contributed by atoms with van der Waals surface area (Å²) in [5, 5.41) is 19.7. The Morgan fingerprint density at radius 3 is 3.08 bits per heavy atom. The number of oxime groups is 1. The Morgan fingerprint density at radius 1 is 1.85 bits per heavy atom. The highest BCUT2D eigenvalue weighted by molar-refractivity contribution is 6.03.